The largest absolute Gasteiger partial charge is 0.468 e. The van der Waals surface area contributed by atoms with Crippen LogP contribution in [-0.4, -0.2) is 62.4 Å². The van der Waals surface area contributed by atoms with Crippen molar-refractivity contribution in [3.05, 3.63) is 0 Å². The van der Waals surface area contributed by atoms with Crippen LogP contribution in [0.15, 0.2) is 0 Å². The average Bonchev–Trinajstić information content (AvgIpc) is 2.87. The van der Waals surface area contributed by atoms with E-state index in [1.165, 1.54) is 7.11 Å². The SMILES string of the molecule is CNC1(C(=O)OC)CCCC1CCN1C[C@@H](C)O[C@@H](C)C1. The molecule has 1 heterocycles. The van der Waals surface area contributed by atoms with Crippen molar-refractivity contribution in [2.24, 2.45) is 5.92 Å². The molecule has 5 nitrogen and oxygen atoms in total. The van der Waals surface area contributed by atoms with Gasteiger partial charge < -0.3 is 14.8 Å². The lowest BCUT2D eigenvalue weighted by Gasteiger charge is -2.37. The van der Waals surface area contributed by atoms with E-state index < -0.39 is 5.54 Å². The fourth-order valence-electron chi connectivity index (χ4n) is 4.16. The third-order valence-electron chi connectivity index (χ3n) is 5.11. The van der Waals surface area contributed by atoms with E-state index in [0.29, 0.717) is 18.1 Å². The molecule has 122 valence electrons. The van der Waals surface area contributed by atoms with Gasteiger partial charge in [-0.3, -0.25) is 9.69 Å². The van der Waals surface area contributed by atoms with E-state index in [-0.39, 0.29) is 5.97 Å². The Balaban J connectivity index is 1.93. The van der Waals surface area contributed by atoms with Crippen molar-refractivity contribution < 1.29 is 14.3 Å². The number of hydrogen-bond acceptors (Lipinski definition) is 5. The van der Waals surface area contributed by atoms with Crippen LogP contribution >= 0.6 is 0 Å². The minimum atomic E-state index is -0.474. The van der Waals surface area contributed by atoms with Crippen molar-refractivity contribution in [3.8, 4) is 0 Å². The smallest absolute Gasteiger partial charge is 0.326 e. The fraction of sp³-hybridized carbons (Fsp3) is 0.938. The van der Waals surface area contributed by atoms with Crippen LogP contribution in [0, 0.1) is 5.92 Å². The summed E-state index contributed by atoms with van der Waals surface area (Å²) in [5.41, 5.74) is -0.474. The Morgan fingerprint density at radius 3 is 2.62 bits per heavy atom. The molecule has 1 aliphatic carbocycles. The van der Waals surface area contributed by atoms with Gasteiger partial charge >= 0.3 is 5.97 Å². The van der Waals surface area contributed by atoms with E-state index >= 15 is 0 Å². The van der Waals surface area contributed by atoms with E-state index in [0.717, 1.165) is 45.3 Å². The van der Waals surface area contributed by atoms with Gasteiger partial charge in [0.15, 0.2) is 0 Å². The monoisotopic (exact) mass is 298 g/mol. The first-order valence-electron chi connectivity index (χ1n) is 8.17. The van der Waals surface area contributed by atoms with Crippen LogP contribution in [0.2, 0.25) is 0 Å². The van der Waals surface area contributed by atoms with E-state index in [1.54, 1.807) is 0 Å². The number of nitrogens with zero attached hydrogens (tertiary/aromatic N) is 1. The number of carbonyl (C=O) groups is 1. The summed E-state index contributed by atoms with van der Waals surface area (Å²) >= 11 is 0. The number of nitrogens with one attached hydrogen (secondary N) is 1. The number of methoxy groups -OCH3 is 1. The lowest BCUT2D eigenvalue weighted by molar-refractivity contribution is -0.150. The zero-order valence-corrected chi connectivity index (χ0v) is 13.9. The molecule has 1 N–H and O–H groups in total. The van der Waals surface area contributed by atoms with Crippen molar-refractivity contribution in [3.63, 3.8) is 0 Å². The van der Waals surface area contributed by atoms with Gasteiger partial charge in [-0.05, 0) is 52.6 Å². The standard InChI is InChI=1S/C16H30N2O3/c1-12-10-18(11-13(2)21-12)9-7-14-6-5-8-16(14,17-3)15(19)20-4/h12-14,17H,5-11H2,1-4H3/t12-,13+,14?,16?. The second-order valence-corrected chi connectivity index (χ2v) is 6.61. The molecule has 0 aromatic heterocycles. The quantitative estimate of drug-likeness (QED) is 0.778. The van der Waals surface area contributed by atoms with E-state index in [4.69, 9.17) is 9.47 Å². The summed E-state index contributed by atoms with van der Waals surface area (Å²) in [4.78, 5) is 14.7. The molecule has 0 aromatic rings. The van der Waals surface area contributed by atoms with Crippen LogP contribution in [0.1, 0.15) is 39.5 Å². The topological polar surface area (TPSA) is 50.8 Å². The summed E-state index contributed by atoms with van der Waals surface area (Å²) in [6.45, 7) is 7.27. The van der Waals surface area contributed by atoms with Gasteiger partial charge in [0.2, 0.25) is 0 Å². The number of morpholine rings is 1. The molecule has 2 aliphatic rings. The molecule has 1 saturated heterocycles. The zero-order chi connectivity index (χ0) is 15.5. The molecule has 1 aliphatic heterocycles. The molecule has 5 heteroatoms. The highest BCUT2D eigenvalue weighted by Crippen LogP contribution is 2.38. The molecule has 0 spiro atoms. The van der Waals surface area contributed by atoms with Crippen LogP contribution < -0.4 is 5.32 Å². The van der Waals surface area contributed by atoms with Gasteiger partial charge in [-0.2, -0.15) is 0 Å². The van der Waals surface area contributed by atoms with Crippen LogP contribution in [0.25, 0.3) is 0 Å². The first-order valence-corrected chi connectivity index (χ1v) is 8.17. The summed E-state index contributed by atoms with van der Waals surface area (Å²) in [6, 6.07) is 0. The highest BCUT2D eigenvalue weighted by molar-refractivity contribution is 5.81. The first-order chi connectivity index (χ1) is 10.0. The predicted molar refractivity (Wildman–Crippen MR) is 82.2 cm³/mol. The highest BCUT2D eigenvalue weighted by atomic mass is 16.5. The third-order valence-corrected chi connectivity index (χ3v) is 5.11. The molecule has 2 rings (SSSR count). The van der Waals surface area contributed by atoms with Crippen LogP contribution in [0.3, 0.4) is 0 Å². The third kappa shape index (κ3) is 3.58. The van der Waals surface area contributed by atoms with Crippen molar-refractivity contribution >= 4 is 5.97 Å². The Hall–Kier alpha value is -0.650. The van der Waals surface area contributed by atoms with Crippen LogP contribution in [-0.2, 0) is 14.3 Å². The van der Waals surface area contributed by atoms with Gasteiger partial charge in [0.05, 0.1) is 19.3 Å². The lowest BCUT2D eigenvalue weighted by Crippen LogP contribution is -2.54. The number of hydrogen-bond donors (Lipinski definition) is 1. The molecule has 2 unspecified atom stereocenters. The molecular weight excluding hydrogens is 268 g/mol. The maximum Gasteiger partial charge on any atom is 0.326 e. The van der Waals surface area contributed by atoms with Gasteiger partial charge in [-0.15, -0.1) is 0 Å². The van der Waals surface area contributed by atoms with Crippen molar-refractivity contribution in [2.75, 3.05) is 33.8 Å². The van der Waals surface area contributed by atoms with Gasteiger partial charge in [-0.25, -0.2) is 0 Å². The molecule has 0 aromatic carbocycles. The molecule has 0 amide bonds. The maximum absolute atomic E-state index is 12.2. The fourth-order valence-corrected chi connectivity index (χ4v) is 4.16. The molecule has 21 heavy (non-hydrogen) atoms. The summed E-state index contributed by atoms with van der Waals surface area (Å²) in [5, 5.41) is 3.27. The molecular formula is C16H30N2O3. The lowest BCUT2D eigenvalue weighted by atomic mass is 9.84. The van der Waals surface area contributed by atoms with Crippen molar-refractivity contribution in [1.82, 2.24) is 10.2 Å². The summed E-state index contributed by atoms with van der Waals surface area (Å²) in [6.07, 6.45) is 4.72. The predicted octanol–water partition coefficient (Wildman–Crippen LogP) is 1.42. The van der Waals surface area contributed by atoms with Crippen LogP contribution in [0.5, 0.6) is 0 Å². The van der Waals surface area contributed by atoms with E-state index in [2.05, 4.69) is 24.1 Å². The van der Waals surface area contributed by atoms with Crippen molar-refractivity contribution in [1.29, 1.82) is 0 Å². The molecule has 0 bridgehead atoms. The van der Waals surface area contributed by atoms with Crippen LogP contribution in [0.4, 0.5) is 0 Å². The summed E-state index contributed by atoms with van der Waals surface area (Å²) in [5.74, 6) is 0.264. The Labute approximate surface area is 128 Å². The number of ether oxygens (including phenoxy) is 2. The van der Waals surface area contributed by atoms with E-state index in [9.17, 15) is 4.79 Å². The summed E-state index contributed by atoms with van der Waals surface area (Å²) < 4.78 is 10.8. The van der Waals surface area contributed by atoms with Gasteiger partial charge in [0, 0.05) is 13.1 Å². The highest BCUT2D eigenvalue weighted by Gasteiger charge is 2.48. The second kappa shape index (κ2) is 7.07. The number of carbonyl (C=O) groups excluding carboxylic acids is 1. The summed E-state index contributed by atoms with van der Waals surface area (Å²) in [7, 11) is 3.37. The average molecular weight is 298 g/mol. The second-order valence-electron chi connectivity index (χ2n) is 6.61. The molecule has 2 fully saturated rings. The Morgan fingerprint density at radius 2 is 2.05 bits per heavy atom. The van der Waals surface area contributed by atoms with Gasteiger partial charge in [0.1, 0.15) is 5.54 Å². The van der Waals surface area contributed by atoms with Gasteiger partial charge in [-0.1, -0.05) is 6.42 Å². The number of likely N-dealkylation sites (N-methyl/N-ethyl adjacent to an activating group) is 1. The molecule has 0 radical (unpaired) electrons. The normalized spacial score (nSPS) is 37.6. The zero-order valence-electron chi connectivity index (χ0n) is 13.9. The first kappa shape index (κ1) is 16.7. The van der Waals surface area contributed by atoms with E-state index in [1.807, 2.05) is 7.05 Å². The Kier molecular flexibility index (Phi) is 5.63. The Bertz CT molecular complexity index is 353. The Morgan fingerprint density at radius 1 is 1.38 bits per heavy atom. The molecule has 1 saturated carbocycles. The minimum absolute atomic E-state index is 0.101. The minimum Gasteiger partial charge on any atom is -0.468 e. The van der Waals surface area contributed by atoms with Gasteiger partial charge in [0.25, 0.3) is 0 Å². The maximum atomic E-state index is 12.2. The van der Waals surface area contributed by atoms with Crippen molar-refractivity contribution in [2.45, 2.75) is 57.3 Å². The number of rotatable bonds is 5. The molecule has 4 atom stereocenters. The number of esters is 1.